The molecule has 0 atom stereocenters. The Morgan fingerprint density at radius 2 is 1.19 bits per heavy atom. The maximum Gasteiger partial charge on any atom is 0.352 e. The van der Waals surface area contributed by atoms with Gasteiger partial charge < -0.3 is 10.4 Å². The molecule has 0 aromatic heterocycles. The first-order valence-corrected chi connectivity index (χ1v) is 10.8. The Balaban J connectivity index is 3.66. The Bertz CT molecular complexity index is 391. The molecule has 0 aliphatic heterocycles. The van der Waals surface area contributed by atoms with Gasteiger partial charge in [0, 0.05) is 6.42 Å². The van der Waals surface area contributed by atoms with Gasteiger partial charge >= 0.3 is 5.97 Å². The summed E-state index contributed by atoms with van der Waals surface area (Å²) < 4.78 is 0. The first-order valence-electron chi connectivity index (χ1n) is 10.8. The summed E-state index contributed by atoms with van der Waals surface area (Å²) in [5, 5.41) is 11.7. The number of allylic oxidation sites excluding steroid dienone is 1. The fraction of sp³-hybridized carbons (Fsp3) is 0.818. The van der Waals surface area contributed by atoms with Crippen molar-refractivity contribution in [3.8, 4) is 0 Å². The van der Waals surface area contributed by atoms with Crippen molar-refractivity contribution in [2.24, 2.45) is 0 Å². The van der Waals surface area contributed by atoms with E-state index >= 15 is 0 Å². The van der Waals surface area contributed by atoms with E-state index in [4.69, 9.17) is 5.11 Å². The molecule has 152 valence electrons. The molecule has 26 heavy (non-hydrogen) atoms. The van der Waals surface area contributed by atoms with Crippen LogP contribution in [-0.2, 0) is 9.59 Å². The summed E-state index contributed by atoms with van der Waals surface area (Å²) in [6.45, 7) is 4.35. The standard InChI is InChI=1S/C22H41NO3/c1-3-5-7-9-10-11-12-13-14-15-17-19-21(24)23-20(22(25)26)18-16-8-6-4-2/h18H,3-17,19H2,1-2H3,(H,23,24)(H,25,26). The molecule has 0 rings (SSSR count). The highest BCUT2D eigenvalue weighted by atomic mass is 16.4. The van der Waals surface area contributed by atoms with Gasteiger partial charge in [0.15, 0.2) is 0 Å². The van der Waals surface area contributed by atoms with Gasteiger partial charge in [-0.2, -0.15) is 0 Å². The third kappa shape index (κ3) is 16.2. The van der Waals surface area contributed by atoms with Crippen LogP contribution in [0.25, 0.3) is 0 Å². The number of carbonyl (C=O) groups excluding carboxylic acids is 1. The predicted octanol–water partition coefficient (Wildman–Crippen LogP) is 6.35. The second-order valence-electron chi connectivity index (χ2n) is 7.25. The van der Waals surface area contributed by atoms with Gasteiger partial charge in [0.2, 0.25) is 5.91 Å². The summed E-state index contributed by atoms with van der Waals surface area (Å²) in [6.07, 6.45) is 19.6. The number of unbranched alkanes of at least 4 members (excludes halogenated alkanes) is 13. The van der Waals surface area contributed by atoms with Crippen LogP contribution in [0.1, 0.15) is 117 Å². The molecule has 0 saturated carbocycles. The van der Waals surface area contributed by atoms with Gasteiger partial charge in [-0.3, -0.25) is 4.79 Å². The average molecular weight is 368 g/mol. The predicted molar refractivity (Wildman–Crippen MR) is 109 cm³/mol. The maximum absolute atomic E-state index is 11.9. The van der Waals surface area contributed by atoms with E-state index in [1.165, 1.54) is 57.8 Å². The highest BCUT2D eigenvalue weighted by molar-refractivity contribution is 5.92. The van der Waals surface area contributed by atoms with E-state index in [1.807, 2.05) is 0 Å². The molecule has 0 spiro atoms. The highest BCUT2D eigenvalue weighted by Gasteiger charge is 2.10. The van der Waals surface area contributed by atoms with Crippen LogP contribution in [0.15, 0.2) is 11.8 Å². The number of rotatable bonds is 18. The van der Waals surface area contributed by atoms with Crippen molar-refractivity contribution in [3.63, 3.8) is 0 Å². The molecule has 2 N–H and O–H groups in total. The lowest BCUT2D eigenvalue weighted by molar-refractivity contribution is -0.134. The van der Waals surface area contributed by atoms with Crippen molar-refractivity contribution in [1.82, 2.24) is 5.32 Å². The van der Waals surface area contributed by atoms with Crippen LogP contribution in [-0.4, -0.2) is 17.0 Å². The molecular formula is C22H41NO3. The molecule has 0 aliphatic rings. The molecule has 0 heterocycles. The molecule has 0 aromatic rings. The first-order chi connectivity index (χ1) is 12.6. The summed E-state index contributed by atoms with van der Waals surface area (Å²) >= 11 is 0. The zero-order valence-corrected chi connectivity index (χ0v) is 17.2. The average Bonchev–Trinajstić information content (AvgIpc) is 2.62. The number of carbonyl (C=O) groups is 2. The van der Waals surface area contributed by atoms with Crippen LogP contribution < -0.4 is 5.32 Å². The molecule has 0 fully saturated rings. The van der Waals surface area contributed by atoms with E-state index in [-0.39, 0.29) is 11.6 Å². The Kier molecular flexibility index (Phi) is 17.5. The van der Waals surface area contributed by atoms with Crippen molar-refractivity contribution in [2.45, 2.75) is 117 Å². The number of carboxylic acids is 1. The minimum absolute atomic E-state index is 0.0363. The van der Waals surface area contributed by atoms with Gasteiger partial charge in [-0.15, -0.1) is 0 Å². The largest absolute Gasteiger partial charge is 0.477 e. The van der Waals surface area contributed by atoms with Crippen molar-refractivity contribution in [2.75, 3.05) is 0 Å². The monoisotopic (exact) mass is 367 g/mol. The minimum Gasteiger partial charge on any atom is -0.477 e. The normalized spacial score (nSPS) is 11.5. The van der Waals surface area contributed by atoms with Gasteiger partial charge in [0.05, 0.1) is 0 Å². The van der Waals surface area contributed by atoms with Crippen molar-refractivity contribution < 1.29 is 14.7 Å². The third-order valence-electron chi connectivity index (χ3n) is 4.67. The van der Waals surface area contributed by atoms with Crippen LogP contribution in [0.4, 0.5) is 0 Å². The molecule has 0 saturated heterocycles. The zero-order chi connectivity index (χ0) is 19.5. The quantitative estimate of drug-likeness (QED) is 0.219. The fourth-order valence-electron chi connectivity index (χ4n) is 3.00. The van der Waals surface area contributed by atoms with Crippen molar-refractivity contribution in [3.05, 3.63) is 11.8 Å². The van der Waals surface area contributed by atoms with E-state index in [1.54, 1.807) is 6.08 Å². The van der Waals surface area contributed by atoms with E-state index in [9.17, 15) is 9.59 Å². The Morgan fingerprint density at radius 3 is 1.69 bits per heavy atom. The van der Waals surface area contributed by atoms with Crippen LogP contribution in [0, 0.1) is 0 Å². The van der Waals surface area contributed by atoms with Crippen LogP contribution in [0.5, 0.6) is 0 Å². The van der Waals surface area contributed by atoms with Crippen LogP contribution in [0.2, 0.25) is 0 Å². The number of carboxylic acid groups (broad SMARTS) is 1. The minimum atomic E-state index is -1.05. The highest BCUT2D eigenvalue weighted by Crippen LogP contribution is 2.12. The number of nitrogens with one attached hydrogen (secondary N) is 1. The molecule has 4 heteroatoms. The lowest BCUT2D eigenvalue weighted by Gasteiger charge is -2.06. The maximum atomic E-state index is 11.9. The number of hydrogen-bond donors (Lipinski definition) is 2. The third-order valence-corrected chi connectivity index (χ3v) is 4.67. The van der Waals surface area contributed by atoms with Crippen LogP contribution in [0.3, 0.4) is 0 Å². The second kappa shape index (κ2) is 18.5. The molecule has 4 nitrogen and oxygen atoms in total. The smallest absolute Gasteiger partial charge is 0.352 e. The van der Waals surface area contributed by atoms with E-state index < -0.39 is 5.97 Å². The summed E-state index contributed by atoms with van der Waals surface area (Å²) in [5.41, 5.74) is 0.0363. The molecule has 1 amide bonds. The van der Waals surface area contributed by atoms with Crippen molar-refractivity contribution >= 4 is 11.9 Å². The molecular weight excluding hydrogens is 326 g/mol. The summed E-state index contributed by atoms with van der Waals surface area (Å²) in [5.74, 6) is -1.22. The number of aliphatic carboxylic acids is 1. The Morgan fingerprint density at radius 1 is 0.731 bits per heavy atom. The Hall–Kier alpha value is -1.32. The molecule has 0 aliphatic carbocycles. The summed E-state index contributed by atoms with van der Waals surface area (Å²) in [4.78, 5) is 23.1. The topological polar surface area (TPSA) is 66.4 Å². The number of amides is 1. The molecule has 0 bridgehead atoms. The molecule has 0 unspecified atom stereocenters. The summed E-state index contributed by atoms with van der Waals surface area (Å²) in [7, 11) is 0. The lowest BCUT2D eigenvalue weighted by atomic mass is 10.1. The van der Waals surface area contributed by atoms with Gasteiger partial charge in [-0.25, -0.2) is 4.79 Å². The van der Waals surface area contributed by atoms with E-state index in [0.29, 0.717) is 12.8 Å². The lowest BCUT2D eigenvalue weighted by Crippen LogP contribution is -2.27. The van der Waals surface area contributed by atoms with Crippen molar-refractivity contribution in [1.29, 1.82) is 0 Å². The van der Waals surface area contributed by atoms with E-state index in [0.717, 1.165) is 32.1 Å². The Labute approximate surface area is 160 Å². The second-order valence-corrected chi connectivity index (χ2v) is 7.25. The zero-order valence-electron chi connectivity index (χ0n) is 17.2. The molecule has 0 radical (unpaired) electrons. The summed E-state index contributed by atoms with van der Waals surface area (Å²) in [6, 6.07) is 0. The first kappa shape index (κ1) is 24.7. The van der Waals surface area contributed by atoms with Gasteiger partial charge in [0.1, 0.15) is 5.70 Å². The fourth-order valence-corrected chi connectivity index (χ4v) is 3.00. The van der Waals surface area contributed by atoms with Gasteiger partial charge in [0.25, 0.3) is 0 Å². The number of hydrogen-bond acceptors (Lipinski definition) is 2. The van der Waals surface area contributed by atoms with Gasteiger partial charge in [-0.05, 0) is 19.3 Å². The van der Waals surface area contributed by atoms with Gasteiger partial charge in [-0.1, -0.05) is 97.0 Å². The van der Waals surface area contributed by atoms with Crippen LogP contribution >= 0.6 is 0 Å². The van der Waals surface area contributed by atoms with E-state index in [2.05, 4.69) is 19.2 Å². The molecule has 0 aromatic carbocycles. The SMILES string of the molecule is CCCCCC=C(NC(=O)CCCCCCCCCCCCC)C(=O)O.